The zero-order chi connectivity index (χ0) is 24.5. The van der Waals surface area contributed by atoms with E-state index >= 15 is 0 Å². The maximum Gasteiger partial charge on any atom is 0.230 e. The summed E-state index contributed by atoms with van der Waals surface area (Å²) in [6.45, 7) is 8.12. The van der Waals surface area contributed by atoms with Crippen LogP contribution in [-0.2, 0) is 11.3 Å². The van der Waals surface area contributed by atoms with Gasteiger partial charge in [0.15, 0.2) is 0 Å². The molecule has 1 aromatic heterocycles. The lowest BCUT2D eigenvalue weighted by Gasteiger charge is -2.24. The number of amides is 1. The fourth-order valence-corrected chi connectivity index (χ4v) is 4.58. The molecule has 2 aromatic carbocycles. The minimum absolute atomic E-state index is 0.0642. The predicted molar refractivity (Wildman–Crippen MR) is 140 cm³/mol. The summed E-state index contributed by atoms with van der Waals surface area (Å²) >= 11 is 0. The summed E-state index contributed by atoms with van der Waals surface area (Å²) in [6, 6.07) is 12.7. The molecular weight excluding hydrogens is 438 g/mol. The van der Waals surface area contributed by atoms with Gasteiger partial charge in [-0.3, -0.25) is 9.79 Å². The lowest BCUT2D eigenvalue weighted by molar-refractivity contribution is -0.115. The Morgan fingerprint density at radius 2 is 2.06 bits per heavy atom. The second kappa shape index (κ2) is 9.62. The largest absolute Gasteiger partial charge is 0.374 e. The van der Waals surface area contributed by atoms with Crippen molar-refractivity contribution in [2.45, 2.75) is 52.6 Å². The summed E-state index contributed by atoms with van der Waals surface area (Å²) < 4.78 is 1.85. The number of carbonyl (C=O) groups is 1. The lowest BCUT2D eigenvalue weighted by Crippen LogP contribution is -2.23. The SMILES string of the molecule is Cc1cc2c(cc1N(C)CC(C)C)N=C(c1cccc(-n3ncnc3CNC3CC3)c1)CC(=O)N2. The Bertz CT molecular complexity index is 1270. The van der Waals surface area contributed by atoms with E-state index in [1.54, 1.807) is 6.33 Å². The topological polar surface area (TPSA) is 87.4 Å². The molecule has 1 aliphatic carbocycles. The quantitative estimate of drug-likeness (QED) is 0.509. The molecule has 35 heavy (non-hydrogen) atoms. The van der Waals surface area contributed by atoms with Gasteiger partial charge in [0.25, 0.3) is 0 Å². The van der Waals surface area contributed by atoms with Crippen LogP contribution < -0.4 is 15.5 Å². The Balaban J connectivity index is 1.49. The average molecular weight is 472 g/mol. The monoisotopic (exact) mass is 471 g/mol. The van der Waals surface area contributed by atoms with E-state index < -0.39 is 0 Å². The van der Waals surface area contributed by atoms with Crippen LogP contribution in [0.5, 0.6) is 0 Å². The van der Waals surface area contributed by atoms with Gasteiger partial charge < -0.3 is 15.5 Å². The molecule has 1 fully saturated rings. The summed E-state index contributed by atoms with van der Waals surface area (Å²) in [7, 11) is 2.10. The summed E-state index contributed by atoms with van der Waals surface area (Å²) in [5, 5.41) is 11.0. The number of carbonyl (C=O) groups excluding carboxylic acids is 1. The molecule has 1 aliphatic heterocycles. The summed E-state index contributed by atoms with van der Waals surface area (Å²) in [4.78, 5) is 24.5. The number of rotatable bonds is 8. The molecule has 0 saturated heterocycles. The normalized spacial score (nSPS) is 15.5. The third kappa shape index (κ3) is 5.27. The van der Waals surface area contributed by atoms with E-state index in [1.807, 2.05) is 35.0 Å². The summed E-state index contributed by atoms with van der Waals surface area (Å²) in [6.07, 6.45) is 4.24. The highest BCUT2D eigenvalue weighted by Gasteiger charge is 2.22. The maximum atomic E-state index is 12.8. The van der Waals surface area contributed by atoms with Crippen molar-refractivity contribution in [1.82, 2.24) is 20.1 Å². The van der Waals surface area contributed by atoms with Gasteiger partial charge in [-0.2, -0.15) is 5.10 Å². The van der Waals surface area contributed by atoms with Crippen LogP contribution in [0.15, 0.2) is 47.7 Å². The van der Waals surface area contributed by atoms with Crippen LogP contribution in [0.3, 0.4) is 0 Å². The Hall–Kier alpha value is -3.52. The van der Waals surface area contributed by atoms with Crippen LogP contribution in [0.25, 0.3) is 5.69 Å². The van der Waals surface area contributed by atoms with Crippen molar-refractivity contribution in [3.8, 4) is 5.69 Å². The number of hydrogen-bond acceptors (Lipinski definition) is 6. The van der Waals surface area contributed by atoms with Crippen LogP contribution in [-0.4, -0.2) is 46.0 Å². The molecule has 8 nitrogen and oxygen atoms in total. The van der Waals surface area contributed by atoms with E-state index in [2.05, 4.69) is 59.5 Å². The van der Waals surface area contributed by atoms with Crippen LogP contribution in [0, 0.1) is 12.8 Å². The molecule has 1 amide bonds. The number of fused-ring (bicyclic) bond motifs is 1. The number of aromatic nitrogens is 3. The smallest absolute Gasteiger partial charge is 0.230 e. The molecule has 5 rings (SSSR count). The van der Waals surface area contributed by atoms with Crippen molar-refractivity contribution >= 4 is 28.7 Å². The van der Waals surface area contributed by atoms with Crippen molar-refractivity contribution in [3.05, 3.63) is 59.7 Å². The van der Waals surface area contributed by atoms with E-state index in [9.17, 15) is 4.79 Å². The molecule has 8 heteroatoms. The maximum absolute atomic E-state index is 12.8. The Morgan fingerprint density at radius 1 is 1.23 bits per heavy atom. The number of nitrogens with zero attached hydrogens (tertiary/aromatic N) is 5. The molecule has 2 heterocycles. The Kier molecular flexibility index (Phi) is 6.38. The highest BCUT2D eigenvalue weighted by molar-refractivity contribution is 6.17. The van der Waals surface area contributed by atoms with E-state index in [0.717, 1.165) is 52.0 Å². The minimum atomic E-state index is -0.0642. The first-order valence-corrected chi connectivity index (χ1v) is 12.3. The number of hydrogen-bond donors (Lipinski definition) is 2. The number of aryl methyl sites for hydroxylation is 1. The molecule has 0 atom stereocenters. The summed E-state index contributed by atoms with van der Waals surface area (Å²) in [5.41, 5.74) is 6.32. The second-order valence-electron chi connectivity index (χ2n) is 10.0. The first-order chi connectivity index (χ1) is 16.9. The number of nitrogens with one attached hydrogen (secondary N) is 2. The molecule has 3 aromatic rings. The molecule has 0 radical (unpaired) electrons. The lowest BCUT2D eigenvalue weighted by atomic mass is 10.1. The van der Waals surface area contributed by atoms with Crippen molar-refractivity contribution in [2.75, 3.05) is 23.8 Å². The van der Waals surface area contributed by atoms with Crippen molar-refractivity contribution in [3.63, 3.8) is 0 Å². The highest BCUT2D eigenvalue weighted by Crippen LogP contribution is 2.36. The predicted octanol–water partition coefficient (Wildman–Crippen LogP) is 4.38. The molecule has 0 spiro atoms. The van der Waals surface area contributed by atoms with Gasteiger partial charge in [-0.15, -0.1) is 0 Å². The molecule has 2 aliphatic rings. The Morgan fingerprint density at radius 3 is 2.83 bits per heavy atom. The molecule has 0 unspecified atom stereocenters. The standard InChI is InChI=1S/C27H33N7O/c1-17(2)15-33(4)25-12-24-23(10-18(25)3)32-27(35)13-22(31-24)19-6-5-7-21(11-19)34-26(29-16-30-34)14-28-20-8-9-20/h5-7,10-12,16-17,20,28H,8-9,13-15H2,1-4H3,(H,32,35). The zero-order valence-electron chi connectivity index (χ0n) is 20.9. The second-order valence-corrected chi connectivity index (χ2v) is 10.0. The van der Waals surface area contributed by atoms with E-state index in [-0.39, 0.29) is 12.3 Å². The fourth-order valence-electron chi connectivity index (χ4n) is 4.58. The van der Waals surface area contributed by atoms with Gasteiger partial charge in [-0.1, -0.05) is 26.0 Å². The van der Waals surface area contributed by atoms with Crippen molar-refractivity contribution < 1.29 is 4.79 Å². The van der Waals surface area contributed by atoms with Gasteiger partial charge >= 0.3 is 0 Å². The van der Waals surface area contributed by atoms with Gasteiger partial charge in [-0.05, 0) is 61.1 Å². The molecular formula is C27H33N7O. The van der Waals surface area contributed by atoms with Crippen LogP contribution in [0.4, 0.5) is 17.1 Å². The zero-order valence-corrected chi connectivity index (χ0v) is 20.9. The van der Waals surface area contributed by atoms with Gasteiger partial charge in [0.05, 0.1) is 35.7 Å². The van der Waals surface area contributed by atoms with Crippen LogP contribution in [0.1, 0.15) is 50.1 Å². The van der Waals surface area contributed by atoms with E-state index in [1.165, 1.54) is 12.8 Å². The number of benzene rings is 2. The average Bonchev–Trinajstić information content (AvgIpc) is 3.56. The van der Waals surface area contributed by atoms with Gasteiger partial charge in [0, 0.05) is 25.3 Å². The fraction of sp³-hybridized carbons (Fsp3) is 0.407. The van der Waals surface area contributed by atoms with Gasteiger partial charge in [0.1, 0.15) is 12.2 Å². The highest BCUT2D eigenvalue weighted by atomic mass is 16.1. The first-order valence-electron chi connectivity index (χ1n) is 12.3. The summed E-state index contributed by atoms with van der Waals surface area (Å²) in [5.74, 6) is 1.35. The Labute approximate surface area is 206 Å². The van der Waals surface area contributed by atoms with Gasteiger partial charge in [0.2, 0.25) is 5.91 Å². The van der Waals surface area contributed by atoms with E-state index in [0.29, 0.717) is 18.5 Å². The first kappa shape index (κ1) is 23.2. The van der Waals surface area contributed by atoms with Crippen molar-refractivity contribution in [1.29, 1.82) is 0 Å². The number of anilines is 2. The molecule has 1 saturated carbocycles. The number of aliphatic imine (C=N–C) groups is 1. The third-order valence-electron chi connectivity index (χ3n) is 6.39. The molecule has 182 valence electrons. The van der Waals surface area contributed by atoms with Crippen LogP contribution >= 0.6 is 0 Å². The third-order valence-corrected chi connectivity index (χ3v) is 6.39. The molecule has 2 N–H and O–H groups in total. The van der Waals surface area contributed by atoms with Crippen LogP contribution in [0.2, 0.25) is 0 Å². The van der Waals surface area contributed by atoms with Crippen molar-refractivity contribution in [2.24, 2.45) is 10.9 Å². The molecule has 0 bridgehead atoms. The van der Waals surface area contributed by atoms with Gasteiger partial charge in [-0.25, -0.2) is 9.67 Å². The van der Waals surface area contributed by atoms with E-state index in [4.69, 9.17) is 4.99 Å². The minimum Gasteiger partial charge on any atom is -0.374 e.